The normalized spacial score (nSPS) is 13.3. The van der Waals surface area contributed by atoms with E-state index < -0.39 is 0 Å². The van der Waals surface area contributed by atoms with Gasteiger partial charge in [-0.3, -0.25) is 9.59 Å². The molecule has 8 heteroatoms. The molecule has 0 radical (unpaired) electrons. The molecular formula is C23H25N3O4S. The lowest BCUT2D eigenvalue weighted by Crippen LogP contribution is -2.42. The number of imidazole rings is 1. The zero-order valence-electron chi connectivity index (χ0n) is 17.8. The molecule has 0 aliphatic carbocycles. The van der Waals surface area contributed by atoms with E-state index in [0.29, 0.717) is 35.4 Å². The summed E-state index contributed by atoms with van der Waals surface area (Å²) in [4.78, 5) is 30.0. The number of rotatable bonds is 6. The number of para-hydroxylation sites is 2. The van der Waals surface area contributed by atoms with Crippen molar-refractivity contribution in [2.45, 2.75) is 38.0 Å². The molecule has 162 valence electrons. The second kappa shape index (κ2) is 8.63. The first-order valence-corrected chi connectivity index (χ1v) is 11.1. The highest BCUT2D eigenvalue weighted by Gasteiger charge is 2.20. The molecule has 1 aromatic heterocycles. The third-order valence-electron chi connectivity index (χ3n) is 4.63. The van der Waals surface area contributed by atoms with Gasteiger partial charge < -0.3 is 19.4 Å². The third kappa shape index (κ3) is 5.02. The fourth-order valence-electron chi connectivity index (χ4n) is 3.35. The number of ether oxygens (including phenoxy) is 2. The van der Waals surface area contributed by atoms with Crippen LogP contribution < -0.4 is 14.8 Å². The first kappa shape index (κ1) is 21.2. The lowest BCUT2D eigenvalue weighted by molar-refractivity contribution is -0.123. The molecule has 0 saturated carbocycles. The Morgan fingerprint density at radius 3 is 2.61 bits per heavy atom. The molecule has 0 fully saturated rings. The summed E-state index contributed by atoms with van der Waals surface area (Å²) in [6.45, 7) is 6.95. The number of hydrogen-bond acceptors (Lipinski definition) is 6. The summed E-state index contributed by atoms with van der Waals surface area (Å²) >= 11 is 1.32. The zero-order chi connectivity index (χ0) is 22.0. The van der Waals surface area contributed by atoms with E-state index in [1.807, 2.05) is 49.6 Å². The smallest absolute Gasteiger partial charge is 0.240 e. The van der Waals surface area contributed by atoms with Gasteiger partial charge in [0.1, 0.15) is 19.8 Å². The Hall–Kier alpha value is -3.00. The Balaban J connectivity index is 1.52. The Morgan fingerprint density at radius 1 is 1.10 bits per heavy atom. The Morgan fingerprint density at radius 2 is 1.84 bits per heavy atom. The van der Waals surface area contributed by atoms with E-state index in [1.165, 1.54) is 11.8 Å². The maximum Gasteiger partial charge on any atom is 0.240 e. The van der Waals surface area contributed by atoms with E-state index in [4.69, 9.17) is 9.47 Å². The second-order valence-corrected chi connectivity index (χ2v) is 9.28. The van der Waals surface area contributed by atoms with Gasteiger partial charge in [0.05, 0.1) is 16.8 Å². The van der Waals surface area contributed by atoms with E-state index in [-0.39, 0.29) is 29.5 Å². The van der Waals surface area contributed by atoms with Gasteiger partial charge in [0.25, 0.3) is 0 Å². The lowest BCUT2D eigenvalue weighted by Gasteiger charge is -2.21. The molecule has 7 nitrogen and oxygen atoms in total. The van der Waals surface area contributed by atoms with Crippen LogP contribution in [0.25, 0.3) is 11.0 Å². The van der Waals surface area contributed by atoms with Crippen LogP contribution in [-0.2, 0) is 11.3 Å². The van der Waals surface area contributed by atoms with Crippen molar-refractivity contribution in [3.8, 4) is 11.5 Å². The summed E-state index contributed by atoms with van der Waals surface area (Å²) in [5.74, 6) is 1.30. The van der Waals surface area contributed by atoms with Crippen molar-refractivity contribution in [3.05, 3.63) is 48.0 Å². The summed E-state index contributed by atoms with van der Waals surface area (Å²) in [6.07, 6.45) is 0. The molecular weight excluding hydrogens is 414 g/mol. The summed E-state index contributed by atoms with van der Waals surface area (Å²) in [7, 11) is 0. The van der Waals surface area contributed by atoms with Crippen molar-refractivity contribution in [1.82, 2.24) is 14.9 Å². The maximum atomic E-state index is 12.8. The number of ketones is 1. The number of benzene rings is 2. The van der Waals surface area contributed by atoms with Crippen LogP contribution >= 0.6 is 11.8 Å². The molecule has 3 aromatic rings. The van der Waals surface area contributed by atoms with E-state index in [2.05, 4.69) is 10.3 Å². The molecule has 0 spiro atoms. The highest BCUT2D eigenvalue weighted by atomic mass is 32.2. The number of nitrogens with one attached hydrogen (secondary N) is 1. The van der Waals surface area contributed by atoms with E-state index in [9.17, 15) is 9.59 Å². The van der Waals surface area contributed by atoms with Crippen LogP contribution in [0.1, 0.15) is 31.1 Å². The highest BCUT2D eigenvalue weighted by molar-refractivity contribution is 7.99. The van der Waals surface area contributed by atoms with Crippen molar-refractivity contribution in [2.75, 3.05) is 19.0 Å². The van der Waals surface area contributed by atoms with Gasteiger partial charge in [-0.05, 0) is 51.1 Å². The Kier molecular flexibility index (Phi) is 5.91. The number of thioether (sulfide) groups is 1. The van der Waals surface area contributed by atoms with Gasteiger partial charge in [-0.2, -0.15) is 0 Å². The molecule has 2 aromatic carbocycles. The number of carbonyl (C=O) groups is 2. The minimum Gasteiger partial charge on any atom is -0.486 e. The van der Waals surface area contributed by atoms with Crippen molar-refractivity contribution < 1.29 is 19.1 Å². The zero-order valence-corrected chi connectivity index (χ0v) is 18.6. The van der Waals surface area contributed by atoms with Crippen LogP contribution in [0.5, 0.6) is 11.5 Å². The van der Waals surface area contributed by atoms with E-state index in [1.54, 1.807) is 18.2 Å². The first-order valence-electron chi connectivity index (χ1n) is 10.1. The summed E-state index contributed by atoms with van der Waals surface area (Å²) in [5.41, 5.74) is 1.89. The van der Waals surface area contributed by atoms with Crippen LogP contribution in [0, 0.1) is 0 Å². The van der Waals surface area contributed by atoms with Gasteiger partial charge in [-0.25, -0.2) is 4.98 Å². The fraction of sp³-hybridized carbons (Fsp3) is 0.348. The quantitative estimate of drug-likeness (QED) is 0.466. The number of carbonyl (C=O) groups excluding carboxylic acids is 2. The summed E-state index contributed by atoms with van der Waals surface area (Å²) in [6, 6.07) is 12.9. The van der Waals surface area contributed by atoms with Crippen molar-refractivity contribution in [3.63, 3.8) is 0 Å². The van der Waals surface area contributed by atoms with Gasteiger partial charge in [-0.15, -0.1) is 0 Å². The number of aromatic nitrogens is 2. The van der Waals surface area contributed by atoms with Crippen molar-refractivity contribution in [2.24, 2.45) is 0 Å². The van der Waals surface area contributed by atoms with Gasteiger partial charge in [-0.1, -0.05) is 23.9 Å². The van der Waals surface area contributed by atoms with Crippen LogP contribution in [-0.4, -0.2) is 45.7 Å². The SMILES string of the molecule is CC(C)(C)NC(=O)Cn1c(SCC(=O)c2ccc3c(c2)OCCO3)nc2ccccc21. The number of fused-ring (bicyclic) bond motifs is 2. The van der Waals surface area contributed by atoms with Crippen molar-refractivity contribution in [1.29, 1.82) is 0 Å². The minimum atomic E-state index is -0.324. The molecule has 1 aliphatic heterocycles. The van der Waals surface area contributed by atoms with Crippen LogP contribution in [0.4, 0.5) is 0 Å². The van der Waals surface area contributed by atoms with Gasteiger partial charge in [0, 0.05) is 11.1 Å². The monoisotopic (exact) mass is 439 g/mol. The van der Waals surface area contributed by atoms with Gasteiger partial charge in [0.15, 0.2) is 22.4 Å². The molecule has 1 amide bonds. The summed E-state index contributed by atoms with van der Waals surface area (Å²) < 4.78 is 12.9. The van der Waals surface area contributed by atoms with Gasteiger partial charge in [0.2, 0.25) is 5.91 Å². The molecule has 4 rings (SSSR count). The molecule has 0 atom stereocenters. The predicted octanol–water partition coefficient (Wildman–Crippen LogP) is 3.70. The molecule has 2 heterocycles. The number of amides is 1. The molecule has 1 N–H and O–H groups in total. The van der Waals surface area contributed by atoms with Crippen LogP contribution in [0.15, 0.2) is 47.6 Å². The fourth-order valence-corrected chi connectivity index (χ4v) is 4.26. The minimum absolute atomic E-state index is 0.0419. The average molecular weight is 440 g/mol. The Bertz CT molecular complexity index is 1130. The molecule has 0 bridgehead atoms. The summed E-state index contributed by atoms with van der Waals surface area (Å²) in [5, 5.41) is 3.61. The first-order chi connectivity index (χ1) is 14.8. The topological polar surface area (TPSA) is 82.5 Å². The largest absolute Gasteiger partial charge is 0.486 e. The average Bonchev–Trinajstić information content (AvgIpc) is 3.07. The van der Waals surface area contributed by atoms with Crippen molar-refractivity contribution >= 4 is 34.5 Å². The van der Waals surface area contributed by atoms with Crippen LogP contribution in [0.3, 0.4) is 0 Å². The molecule has 0 unspecified atom stereocenters. The second-order valence-electron chi connectivity index (χ2n) is 8.34. The van der Waals surface area contributed by atoms with Gasteiger partial charge >= 0.3 is 0 Å². The molecule has 0 saturated heterocycles. The van der Waals surface area contributed by atoms with Crippen LogP contribution in [0.2, 0.25) is 0 Å². The number of nitrogens with zero attached hydrogens (tertiary/aromatic N) is 2. The number of Topliss-reactive ketones (excluding diaryl/α,β-unsaturated/α-hetero) is 1. The molecule has 1 aliphatic rings. The maximum absolute atomic E-state index is 12.8. The Labute approximate surface area is 185 Å². The standard InChI is InChI=1S/C23H25N3O4S/c1-23(2,3)25-21(28)13-26-17-7-5-4-6-16(17)24-22(26)31-14-18(27)15-8-9-19-20(12-15)30-11-10-29-19/h4-9,12H,10-11,13-14H2,1-3H3,(H,25,28). The van der Waals surface area contributed by atoms with E-state index in [0.717, 1.165) is 11.0 Å². The predicted molar refractivity (Wildman–Crippen MR) is 120 cm³/mol. The lowest BCUT2D eigenvalue weighted by atomic mass is 10.1. The molecule has 31 heavy (non-hydrogen) atoms. The third-order valence-corrected chi connectivity index (χ3v) is 5.61. The number of hydrogen-bond donors (Lipinski definition) is 1. The highest BCUT2D eigenvalue weighted by Crippen LogP contribution is 2.32. The van der Waals surface area contributed by atoms with E-state index >= 15 is 0 Å².